The van der Waals surface area contributed by atoms with Crippen LogP contribution in [0.25, 0.3) is 0 Å². The molecule has 2 rings (SSSR count). The molecule has 5 heteroatoms. The molecule has 0 aliphatic carbocycles. The van der Waals surface area contributed by atoms with E-state index in [1.165, 1.54) is 23.4 Å². The lowest BCUT2D eigenvalue weighted by Gasteiger charge is -2.01. The van der Waals surface area contributed by atoms with Crippen LogP contribution in [0.1, 0.15) is 16.1 Å². The van der Waals surface area contributed by atoms with E-state index >= 15 is 0 Å². The Morgan fingerprint density at radius 1 is 1.24 bits per heavy atom. The van der Waals surface area contributed by atoms with Gasteiger partial charge in [-0.3, -0.25) is 0 Å². The quantitative estimate of drug-likeness (QED) is 0.902. The summed E-state index contributed by atoms with van der Waals surface area (Å²) in [5, 5.41) is 16.9. The average Bonchev–Trinajstić information content (AvgIpc) is 2.29. The number of aromatic carboxylic acids is 1. The molecule has 1 aromatic carbocycles. The van der Waals surface area contributed by atoms with Crippen molar-refractivity contribution in [2.45, 2.75) is 16.8 Å². The van der Waals surface area contributed by atoms with Gasteiger partial charge >= 0.3 is 5.97 Å². The van der Waals surface area contributed by atoms with Gasteiger partial charge in [-0.15, -0.1) is 10.2 Å². The maximum atomic E-state index is 10.6. The van der Waals surface area contributed by atoms with E-state index in [1.807, 2.05) is 31.2 Å². The van der Waals surface area contributed by atoms with Gasteiger partial charge in [-0.1, -0.05) is 29.5 Å². The number of nitrogens with zero attached hydrogens (tertiary/aromatic N) is 2. The van der Waals surface area contributed by atoms with Crippen LogP contribution >= 0.6 is 11.8 Å². The molecule has 0 aliphatic heterocycles. The van der Waals surface area contributed by atoms with E-state index in [0.29, 0.717) is 5.03 Å². The van der Waals surface area contributed by atoms with Crippen LogP contribution in [0.5, 0.6) is 0 Å². The smallest absolute Gasteiger partial charge is 0.356 e. The SMILES string of the molecule is Cc1cccc(Sc2ccc(C(=O)O)nn2)c1. The molecule has 1 heterocycles. The summed E-state index contributed by atoms with van der Waals surface area (Å²) in [4.78, 5) is 11.7. The third kappa shape index (κ3) is 3.04. The van der Waals surface area contributed by atoms with Crippen LogP contribution in [-0.2, 0) is 0 Å². The van der Waals surface area contributed by atoms with Crippen molar-refractivity contribution < 1.29 is 9.90 Å². The Hall–Kier alpha value is -1.88. The lowest BCUT2D eigenvalue weighted by Crippen LogP contribution is -2.01. The molecular weight excluding hydrogens is 236 g/mol. The summed E-state index contributed by atoms with van der Waals surface area (Å²) in [5.41, 5.74) is 1.13. The molecule has 0 amide bonds. The second kappa shape index (κ2) is 4.97. The van der Waals surface area contributed by atoms with Crippen LogP contribution in [0.3, 0.4) is 0 Å². The van der Waals surface area contributed by atoms with Gasteiger partial charge in [0, 0.05) is 4.90 Å². The molecule has 0 unspecified atom stereocenters. The van der Waals surface area contributed by atoms with Crippen LogP contribution in [0.4, 0.5) is 0 Å². The van der Waals surface area contributed by atoms with Gasteiger partial charge in [0.05, 0.1) is 0 Å². The Bertz CT molecular complexity index is 540. The van der Waals surface area contributed by atoms with Crippen molar-refractivity contribution in [2.75, 3.05) is 0 Å². The molecule has 17 heavy (non-hydrogen) atoms. The van der Waals surface area contributed by atoms with E-state index in [2.05, 4.69) is 10.2 Å². The first-order valence-electron chi connectivity index (χ1n) is 4.97. The maximum absolute atomic E-state index is 10.6. The van der Waals surface area contributed by atoms with Gasteiger partial charge in [-0.2, -0.15) is 0 Å². The topological polar surface area (TPSA) is 63.1 Å². The standard InChI is InChI=1S/C12H10N2O2S/c1-8-3-2-4-9(7-8)17-11-6-5-10(12(15)16)13-14-11/h2-7H,1H3,(H,15,16). The molecule has 4 nitrogen and oxygen atoms in total. The van der Waals surface area contributed by atoms with Crippen LogP contribution in [-0.4, -0.2) is 21.3 Å². The van der Waals surface area contributed by atoms with Crippen LogP contribution in [0.2, 0.25) is 0 Å². The first-order chi connectivity index (χ1) is 8.15. The van der Waals surface area contributed by atoms with Crippen molar-refractivity contribution in [1.82, 2.24) is 10.2 Å². The summed E-state index contributed by atoms with van der Waals surface area (Å²) in [6.45, 7) is 2.02. The van der Waals surface area contributed by atoms with Crippen LogP contribution < -0.4 is 0 Å². The van der Waals surface area contributed by atoms with Crippen LogP contribution in [0, 0.1) is 6.92 Å². The molecule has 0 radical (unpaired) electrons. The van der Waals surface area contributed by atoms with E-state index in [0.717, 1.165) is 4.90 Å². The highest BCUT2D eigenvalue weighted by Gasteiger charge is 2.05. The lowest BCUT2D eigenvalue weighted by atomic mass is 10.2. The van der Waals surface area contributed by atoms with Gasteiger partial charge in [-0.25, -0.2) is 4.79 Å². The van der Waals surface area contributed by atoms with Gasteiger partial charge in [-0.05, 0) is 31.2 Å². The fourth-order valence-corrected chi connectivity index (χ4v) is 2.14. The van der Waals surface area contributed by atoms with Crippen molar-refractivity contribution in [3.63, 3.8) is 0 Å². The van der Waals surface area contributed by atoms with E-state index in [-0.39, 0.29) is 5.69 Å². The highest BCUT2D eigenvalue weighted by atomic mass is 32.2. The summed E-state index contributed by atoms with van der Waals surface area (Å²) in [7, 11) is 0. The molecule has 0 fully saturated rings. The zero-order chi connectivity index (χ0) is 12.3. The highest BCUT2D eigenvalue weighted by molar-refractivity contribution is 7.99. The zero-order valence-electron chi connectivity index (χ0n) is 9.12. The van der Waals surface area contributed by atoms with E-state index < -0.39 is 5.97 Å². The monoisotopic (exact) mass is 246 g/mol. The number of carboxylic acid groups (broad SMARTS) is 1. The minimum atomic E-state index is -1.07. The molecule has 86 valence electrons. The molecule has 1 N–H and O–H groups in total. The number of hydrogen-bond donors (Lipinski definition) is 1. The van der Waals surface area contributed by atoms with Gasteiger partial charge < -0.3 is 5.11 Å². The minimum Gasteiger partial charge on any atom is -0.476 e. The largest absolute Gasteiger partial charge is 0.476 e. The van der Waals surface area contributed by atoms with E-state index in [1.54, 1.807) is 6.07 Å². The molecule has 0 atom stereocenters. The third-order valence-corrected chi connectivity index (χ3v) is 2.99. The maximum Gasteiger partial charge on any atom is 0.356 e. The van der Waals surface area contributed by atoms with Gasteiger partial charge in [0.2, 0.25) is 0 Å². The Kier molecular flexibility index (Phi) is 3.39. The number of hydrogen-bond acceptors (Lipinski definition) is 4. The molecule has 0 saturated carbocycles. The van der Waals surface area contributed by atoms with Crippen molar-refractivity contribution in [3.05, 3.63) is 47.7 Å². The molecule has 0 saturated heterocycles. The van der Waals surface area contributed by atoms with E-state index in [4.69, 9.17) is 5.11 Å². The summed E-state index contributed by atoms with van der Waals surface area (Å²) >= 11 is 1.46. The summed E-state index contributed by atoms with van der Waals surface area (Å²) in [5.74, 6) is -1.07. The van der Waals surface area contributed by atoms with Crippen molar-refractivity contribution in [2.24, 2.45) is 0 Å². The summed E-state index contributed by atoms with van der Waals surface area (Å²) in [6.07, 6.45) is 0. The van der Waals surface area contributed by atoms with Gasteiger partial charge in [0.15, 0.2) is 5.69 Å². The Labute approximate surface area is 103 Å². The van der Waals surface area contributed by atoms with Crippen molar-refractivity contribution >= 4 is 17.7 Å². The number of rotatable bonds is 3. The van der Waals surface area contributed by atoms with Crippen molar-refractivity contribution in [1.29, 1.82) is 0 Å². The average molecular weight is 246 g/mol. The molecule has 1 aromatic heterocycles. The van der Waals surface area contributed by atoms with Crippen LogP contribution in [0.15, 0.2) is 46.3 Å². The predicted octanol–water partition coefficient (Wildman–Crippen LogP) is 2.63. The Balaban J connectivity index is 2.16. The van der Waals surface area contributed by atoms with E-state index in [9.17, 15) is 4.79 Å². The minimum absolute atomic E-state index is 0.0430. The molecular formula is C12H10N2O2S. The summed E-state index contributed by atoms with van der Waals surface area (Å²) in [6, 6.07) is 11.1. The fourth-order valence-electron chi connectivity index (χ4n) is 1.29. The number of aromatic nitrogens is 2. The third-order valence-electron chi connectivity index (χ3n) is 2.07. The number of carbonyl (C=O) groups is 1. The first kappa shape index (κ1) is 11.6. The van der Waals surface area contributed by atoms with Gasteiger partial charge in [0.25, 0.3) is 0 Å². The first-order valence-corrected chi connectivity index (χ1v) is 5.78. The molecule has 0 bridgehead atoms. The number of aryl methyl sites for hydroxylation is 1. The summed E-state index contributed by atoms with van der Waals surface area (Å²) < 4.78 is 0. The number of carboxylic acids is 1. The normalized spacial score (nSPS) is 10.2. The second-order valence-electron chi connectivity index (χ2n) is 3.48. The second-order valence-corrected chi connectivity index (χ2v) is 4.57. The van der Waals surface area contributed by atoms with Crippen molar-refractivity contribution in [3.8, 4) is 0 Å². The number of benzene rings is 1. The van der Waals surface area contributed by atoms with Gasteiger partial charge in [0.1, 0.15) is 5.03 Å². The molecule has 2 aromatic rings. The zero-order valence-corrected chi connectivity index (χ0v) is 9.94. The highest BCUT2D eigenvalue weighted by Crippen LogP contribution is 2.25. The predicted molar refractivity (Wildman–Crippen MR) is 64.3 cm³/mol. The Morgan fingerprint density at radius 2 is 2.06 bits per heavy atom. The fraction of sp³-hybridized carbons (Fsp3) is 0.0833. The molecule has 0 aliphatic rings. The molecule has 0 spiro atoms. The lowest BCUT2D eigenvalue weighted by molar-refractivity contribution is 0.0689. The Morgan fingerprint density at radius 3 is 2.65 bits per heavy atom.